The van der Waals surface area contributed by atoms with Crippen LogP contribution in [0.5, 0.6) is 5.75 Å². The quantitative estimate of drug-likeness (QED) is 0.556. The van der Waals surface area contributed by atoms with Crippen molar-refractivity contribution in [3.05, 3.63) is 72.6 Å². The number of amides is 1. The van der Waals surface area contributed by atoms with Crippen LogP contribution in [0.3, 0.4) is 0 Å². The Hall–Kier alpha value is -3.25. The molecule has 0 spiro atoms. The summed E-state index contributed by atoms with van der Waals surface area (Å²) in [5.74, 6) is 0.688. The molecule has 6 heteroatoms. The maximum absolute atomic E-state index is 12.4. The highest BCUT2D eigenvalue weighted by molar-refractivity contribution is 7.22. The summed E-state index contributed by atoms with van der Waals surface area (Å²) in [4.78, 5) is 20.9. The van der Waals surface area contributed by atoms with Gasteiger partial charge < -0.3 is 10.1 Å². The summed E-state index contributed by atoms with van der Waals surface area (Å²) in [5.41, 5.74) is 3.92. The van der Waals surface area contributed by atoms with E-state index in [0.29, 0.717) is 11.6 Å². The maximum atomic E-state index is 12.4. The van der Waals surface area contributed by atoms with Gasteiger partial charge in [0.25, 0.3) is 0 Å². The fraction of sp³-hybridized carbons (Fsp3) is 0.0952. The number of nitrogens with zero attached hydrogens (tertiary/aromatic N) is 2. The normalized spacial score (nSPS) is 10.7. The molecular formula is C21H17N3O2S. The molecule has 2 heterocycles. The van der Waals surface area contributed by atoms with Gasteiger partial charge in [0, 0.05) is 12.4 Å². The average Bonchev–Trinajstić information content (AvgIpc) is 3.10. The monoisotopic (exact) mass is 375 g/mol. The number of rotatable bonds is 5. The molecule has 4 aromatic rings. The number of carbonyl (C=O) groups excluding carboxylic acids is 1. The van der Waals surface area contributed by atoms with Crippen LogP contribution in [0.2, 0.25) is 0 Å². The third-order valence-electron chi connectivity index (χ3n) is 4.16. The number of thiazole rings is 1. The van der Waals surface area contributed by atoms with Crippen molar-refractivity contribution < 1.29 is 9.53 Å². The van der Waals surface area contributed by atoms with E-state index in [1.54, 1.807) is 13.3 Å². The second-order valence-electron chi connectivity index (χ2n) is 6.02. The van der Waals surface area contributed by atoms with E-state index >= 15 is 0 Å². The minimum atomic E-state index is -0.0878. The van der Waals surface area contributed by atoms with Crippen molar-refractivity contribution in [2.24, 2.45) is 0 Å². The van der Waals surface area contributed by atoms with Crippen LogP contribution in [-0.2, 0) is 11.2 Å². The van der Waals surface area contributed by atoms with Crippen LogP contribution in [0.15, 0.2) is 67.0 Å². The first-order chi connectivity index (χ1) is 13.2. The van der Waals surface area contributed by atoms with Crippen LogP contribution in [0.4, 0.5) is 5.13 Å². The molecule has 2 aromatic heterocycles. The highest BCUT2D eigenvalue weighted by atomic mass is 32.1. The number of hydrogen-bond acceptors (Lipinski definition) is 5. The molecule has 1 N–H and O–H groups in total. The lowest BCUT2D eigenvalue weighted by molar-refractivity contribution is -0.115. The SMILES string of the molecule is COc1ccc2nc(NC(=O)Cc3ccc(-c4cccnc4)cc3)sc2c1. The molecule has 2 aromatic carbocycles. The van der Waals surface area contributed by atoms with Crippen LogP contribution in [-0.4, -0.2) is 23.0 Å². The van der Waals surface area contributed by atoms with Crippen molar-refractivity contribution in [3.63, 3.8) is 0 Å². The Bertz CT molecular complexity index is 1080. The molecule has 0 saturated heterocycles. The molecule has 1 amide bonds. The molecule has 0 fully saturated rings. The Labute approximate surface area is 160 Å². The summed E-state index contributed by atoms with van der Waals surface area (Å²) in [5, 5.41) is 3.47. The van der Waals surface area contributed by atoms with E-state index < -0.39 is 0 Å². The van der Waals surface area contributed by atoms with E-state index in [2.05, 4.69) is 15.3 Å². The van der Waals surface area contributed by atoms with E-state index in [1.807, 2.05) is 60.8 Å². The first-order valence-electron chi connectivity index (χ1n) is 8.45. The van der Waals surface area contributed by atoms with Gasteiger partial charge in [-0.3, -0.25) is 9.78 Å². The number of pyridine rings is 1. The predicted molar refractivity (Wildman–Crippen MR) is 108 cm³/mol. The summed E-state index contributed by atoms with van der Waals surface area (Å²) in [6.07, 6.45) is 3.87. The van der Waals surface area contributed by atoms with Gasteiger partial charge in [-0.05, 0) is 41.0 Å². The second-order valence-corrected chi connectivity index (χ2v) is 7.05. The fourth-order valence-corrected chi connectivity index (χ4v) is 3.69. The number of ether oxygens (including phenoxy) is 1. The number of anilines is 1. The summed E-state index contributed by atoms with van der Waals surface area (Å²) in [6, 6.07) is 17.5. The zero-order chi connectivity index (χ0) is 18.6. The van der Waals surface area contributed by atoms with E-state index in [-0.39, 0.29) is 5.91 Å². The third kappa shape index (κ3) is 3.96. The Morgan fingerprint density at radius 2 is 1.96 bits per heavy atom. The van der Waals surface area contributed by atoms with Gasteiger partial charge in [0.2, 0.25) is 5.91 Å². The van der Waals surface area contributed by atoms with Gasteiger partial charge in [-0.2, -0.15) is 0 Å². The average molecular weight is 375 g/mol. The van der Waals surface area contributed by atoms with Crippen molar-refractivity contribution in [1.82, 2.24) is 9.97 Å². The van der Waals surface area contributed by atoms with Gasteiger partial charge in [0.05, 0.1) is 23.7 Å². The first kappa shape index (κ1) is 17.2. The largest absolute Gasteiger partial charge is 0.497 e. The fourth-order valence-electron chi connectivity index (χ4n) is 2.78. The molecule has 0 bridgehead atoms. The highest BCUT2D eigenvalue weighted by Crippen LogP contribution is 2.29. The number of methoxy groups -OCH3 is 1. The lowest BCUT2D eigenvalue weighted by atomic mass is 10.0. The molecular weight excluding hydrogens is 358 g/mol. The number of nitrogens with one attached hydrogen (secondary N) is 1. The minimum absolute atomic E-state index is 0.0878. The lowest BCUT2D eigenvalue weighted by Crippen LogP contribution is -2.14. The second kappa shape index (κ2) is 7.55. The molecule has 0 aliphatic carbocycles. The molecule has 0 saturated carbocycles. The zero-order valence-corrected chi connectivity index (χ0v) is 15.5. The standard InChI is InChI=1S/C21H17N3O2S/c1-26-17-8-9-18-19(12-17)27-21(23-18)24-20(25)11-14-4-6-15(7-5-14)16-3-2-10-22-13-16/h2-10,12-13H,11H2,1H3,(H,23,24,25). The van der Waals surface area contributed by atoms with E-state index in [9.17, 15) is 4.79 Å². The van der Waals surface area contributed by atoms with Crippen molar-refractivity contribution >= 4 is 32.6 Å². The zero-order valence-electron chi connectivity index (χ0n) is 14.7. The van der Waals surface area contributed by atoms with Crippen molar-refractivity contribution in [1.29, 1.82) is 0 Å². The van der Waals surface area contributed by atoms with Crippen LogP contribution >= 0.6 is 11.3 Å². The summed E-state index contributed by atoms with van der Waals surface area (Å²) in [7, 11) is 1.63. The molecule has 0 aliphatic heterocycles. The molecule has 0 radical (unpaired) electrons. The van der Waals surface area contributed by atoms with Crippen molar-refractivity contribution in [2.45, 2.75) is 6.42 Å². The van der Waals surface area contributed by atoms with Crippen LogP contribution < -0.4 is 10.1 Å². The number of carbonyl (C=O) groups is 1. The number of aromatic nitrogens is 2. The molecule has 0 aliphatic rings. The van der Waals surface area contributed by atoms with Gasteiger partial charge in [-0.1, -0.05) is 41.7 Å². The van der Waals surface area contributed by atoms with Gasteiger partial charge in [-0.25, -0.2) is 4.98 Å². The number of benzene rings is 2. The number of hydrogen-bond donors (Lipinski definition) is 1. The smallest absolute Gasteiger partial charge is 0.230 e. The van der Waals surface area contributed by atoms with E-state index in [1.165, 1.54) is 11.3 Å². The Balaban J connectivity index is 1.43. The topological polar surface area (TPSA) is 64.1 Å². The predicted octanol–water partition coefficient (Wildman–Crippen LogP) is 4.55. The Kier molecular flexibility index (Phi) is 4.80. The van der Waals surface area contributed by atoms with Gasteiger partial charge in [-0.15, -0.1) is 0 Å². The third-order valence-corrected chi connectivity index (χ3v) is 5.09. The van der Waals surface area contributed by atoms with Gasteiger partial charge >= 0.3 is 0 Å². The first-order valence-corrected chi connectivity index (χ1v) is 9.27. The number of fused-ring (bicyclic) bond motifs is 1. The summed E-state index contributed by atoms with van der Waals surface area (Å²) in [6.45, 7) is 0. The van der Waals surface area contributed by atoms with Crippen molar-refractivity contribution in [3.8, 4) is 16.9 Å². The molecule has 5 nitrogen and oxygen atoms in total. The summed E-state index contributed by atoms with van der Waals surface area (Å²) < 4.78 is 6.20. The highest BCUT2D eigenvalue weighted by Gasteiger charge is 2.10. The van der Waals surface area contributed by atoms with Gasteiger partial charge in [0.15, 0.2) is 5.13 Å². The van der Waals surface area contributed by atoms with Crippen LogP contribution in [0.25, 0.3) is 21.3 Å². The molecule has 0 atom stereocenters. The van der Waals surface area contributed by atoms with Crippen LogP contribution in [0.1, 0.15) is 5.56 Å². The van der Waals surface area contributed by atoms with E-state index in [4.69, 9.17) is 4.74 Å². The molecule has 0 unspecified atom stereocenters. The maximum Gasteiger partial charge on any atom is 0.230 e. The molecule has 4 rings (SSSR count). The van der Waals surface area contributed by atoms with Gasteiger partial charge in [0.1, 0.15) is 5.75 Å². The lowest BCUT2D eigenvalue weighted by Gasteiger charge is -2.04. The van der Waals surface area contributed by atoms with Crippen LogP contribution in [0, 0.1) is 0 Å². The Morgan fingerprint density at radius 1 is 1.11 bits per heavy atom. The molecule has 27 heavy (non-hydrogen) atoms. The summed E-state index contributed by atoms with van der Waals surface area (Å²) >= 11 is 1.44. The molecule has 134 valence electrons. The van der Waals surface area contributed by atoms with Crippen molar-refractivity contribution in [2.75, 3.05) is 12.4 Å². The minimum Gasteiger partial charge on any atom is -0.497 e. The van der Waals surface area contributed by atoms with E-state index in [0.717, 1.165) is 32.7 Å². The Morgan fingerprint density at radius 3 is 2.70 bits per heavy atom.